The first-order valence-electron chi connectivity index (χ1n) is 4.45. The third-order valence-electron chi connectivity index (χ3n) is 2.32. The van der Waals surface area contributed by atoms with E-state index in [1.807, 2.05) is 0 Å². The Morgan fingerprint density at radius 2 is 1.41 bits per heavy atom. The lowest BCUT2D eigenvalue weighted by Gasteiger charge is -2.34. The van der Waals surface area contributed by atoms with Crippen molar-refractivity contribution in [2.75, 3.05) is 6.67 Å². The molecule has 1 rings (SSSR count). The van der Waals surface area contributed by atoms with Crippen LogP contribution in [0.15, 0.2) is 30.3 Å². The maximum absolute atomic E-state index is 13.1. The summed E-state index contributed by atoms with van der Waals surface area (Å²) in [5.74, 6) is -5.57. The molecule has 0 heterocycles. The zero-order valence-corrected chi connectivity index (χ0v) is 8.31. The van der Waals surface area contributed by atoms with Crippen LogP contribution >= 0.6 is 0 Å². The number of rotatable bonds is 3. The molecule has 0 fully saturated rings. The lowest BCUT2D eigenvalue weighted by molar-refractivity contribution is -0.348. The second-order valence-electron chi connectivity index (χ2n) is 3.43. The van der Waals surface area contributed by atoms with Crippen LogP contribution in [0.3, 0.4) is 0 Å². The summed E-state index contributed by atoms with van der Waals surface area (Å²) < 4.78 is 75.0. The second kappa shape index (κ2) is 4.21. The first-order chi connectivity index (χ1) is 7.67. The number of hydrogen-bond acceptors (Lipinski definition) is 1. The molecule has 0 aliphatic heterocycles. The van der Waals surface area contributed by atoms with E-state index < -0.39 is 29.9 Å². The second-order valence-corrected chi connectivity index (χ2v) is 3.43. The number of alkyl halides is 6. The van der Waals surface area contributed by atoms with Gasteiger partial charge in [0.1, 0.15) is 6.67 Å². The lowest BCUT2D eigenvalue weighted by Crippen LogP contribution is -2.56. The van der Waals surface area contributed by atoms with Gasteiger partial charge in [0.2, 0.25) is 0 Å². The van der Waals surface area contributed by atoms with E-state index >= 15 is 0 Å². The van der Waals surface area contributed by atoms with E-state index in [0.29, 0.717) is 0 Å². The Hall–Kier alpha value is -1.24. The van der Waals surface area contributed by atoms with E-state index in [0.717, 1.165) is 24.3 Å². The van der Waals surface area contributed by atoms with E-state index in [4.69, 9.17) is 0 Å². The van der Waals surface area contributed by atoms with Gasteiger partial charge < -0.3 is 5.11 Å². The van der Waals surface area contributed by atoms with Gasteiger partial charge in [0.05, 0.1) is 0 Å². The maximum atomic E-state index is 13.1. The van der Waals surface area contributed by atoms with Gasteiger partial charge in [0.15, 0.2) is 5.60 Å². The molecule has 1 atom stereocenters. The standard InChI is InChI=1S/C10H8F6O/c11-6-8(17,7-4-2-1-3-5-7)9(12,13)10(14,15)16/h1-5,17H,6H2/t8-/m0/s1. The Bertz CT molecular complexity index is 374. The van der Waals surface area contributed by atoms with Gasteiger partial charge in [0, 0.05) is 0 Å². The third kappa shape index (κ3) is 2.11. The Kier molecular flexibility index (Phi) is 3.42. The van der Waals surface area contributed by atoms with Crippen molar-refractivity contribution in [3.8, 4) is 0 Å². The van der Waals surface area contributed by atoms with Gasteiger partial charge in [-0.15, -0.1) is 0 Å². The van der Waals surface area contributed by atoms with Crippen LogP contribution in [0, 0.1) is 0 Å². The number of hydrogen-bond donors (Lipinski definition) is 1. The highest BCUT2D eigenvalue weighted by Gasteiger charge is 2.70. The highest BCUT2D eigenvalue weighted by molar-refractivity contribution is 5.26. The number of aliphatic hydroxyl groups is 1. The molecule has 0 bridgehead atoms. The van der Waals surface area contributed by atoms with Gasteiger partial charge >= 0.3 is 12.1 Å². The fourth-order valence-corrected chi connectivity index (χ4v) is 1.29. The van der Waals surface area contributed by atoms with Crippen molar-refractivity contribution in [2.24, 2.45) is 0 Å². The molecule has 17 heavy (non-hydrogen) atoms. The van der Waals surface area contributed by atoms with Gasteiger partial charge in [0.25, 0.3) is 0 Å². The maximum Gasteiger partial charge on any atom is 0.456 e. The van der Waals surface area contributed by atoms with Gasteiger partial charge in [-0.1, -0.05) is 30.3 Å². The van der Waals surface area contributed by atoms with Crippen molar-refractivity contribution in [3.05, 3.63) is 35.9 Å². The highest BCUT2D eigenvalue weighted by Crippen LogP contribution is 2.48. The summed E-state index contributed by atoms with van der Waals surface area (Å²) in [6.07, 6.45) is -6.04. The molecule has 1 nitrogen and oxygen atoms in total. The first kappa shape index (κ1) is 13.8. The average molecular weight is 258 g/mol. The summed E-state index contributed by atoms with van der Waals surface area (Å²) in [5, 5.41) is 9.31. The van der Waals surface area contributed by atoms with Crippen LogP contribution in [0.25, 0.3) is 0 Å². The molecule has 0 aliphatic carbocycles. The van der Waals surface area contributed by atoms with Crippen LogP contribution in [0.2, 0.25) is 0 Å². The molecule has 1 N–H and O–H groups in total. The van der Waals surface area contributed by atoms with Crippen molar-refractivity contribution in [2.45, 2.75) is 17.7 Å². The molecule has 1 aromatic rings. The molecule has 0 spiro atoms. The Morgan fingerprint density at radius 1 is 0.941 bits per heavy atom. The summed E-state index contributed by atoms with van der Waals surface area (Å²) >= 11 is 0. The summed E-state index contributed by atoms with van der Waals surface area (Å²) in [6, 6.07) is 5.21. The molecule has 1 aromatic carbocycles. The Morgan fingerprint density at radius 3 is 1.76 bits per heavy atom. The van der Waals surface area contributed by atoms with Crippen LogP contribution < -0.4 is 0 Å². The van der Waals surface area contributed by atoms with E-state index in [-0.39, 0.29) is 0 Å². The predicted molar refractivity (Wildman–Crippen MR) is 47.3 cm³/mol. The zero-order chi connectivity index (χ0) is 13.3. The van der Waals surface area contributed by atoms with Gasteiger partial charge in [-0.2, -0.15) is 22.0 Å². The minimum atomic E-state index is -6.04. The summed E-state index contributed by atoms with van der Waals surface area (Å²) in [5.41, 5.74) is -4.74. The number of benzene rings is 1. The summed E-state index contributed by atoms with van der Waals surface area (Å²) in [4.78, 5) is 0. The molecule has 0 aromatic heterocycles. The van der Waals surface area contributed by atoms with Gasteiger partial charge in [-0.25, -0.2) is 4.39 Å². The molecular weight excluding hydrogens is 250 g/mol. The van der Waals surface area contributed by atoms with Gasteiger partial charge in [-0.3, -0.25) is 0 Å². The van der Waals surface area contributed by atoms with E-state index in [1.165, 1.54) is 6.07 Å². The summed E-state index contributed by atoms with van der Waals surface area (Å²) in [7, 11) is 0. The highest BCUT2D eigenvalue weighted by atomic mass is 19.4. The van der Waals surface area contributed by atoms with Crippen LogP contribution in [0.4, 0.5) is 26.3 Å². The summed E-state index contributed by atoms with van der Waals surface area (Å²) in [6.45, 7) is -2.25. The largest absolute Gasteiger partial charge is 0.456 e. The SMILES string of the molecule is O[C@@](CF)(c1ccccc1)C(F)(F)C(F)(F)F. The van der Waals surface area contributed by atoms with Crippen LogP contribution in [0.1, 0.15) is 5.56 Å². The minimum Gasteiger partial charge on any atom is -0.376 e. The monoisotopic (exact) mass is 258 g/mol. The van der Waals surface area contributed by atoms with Crippen molar-refractivity contribution in [1.82, 2.24) is 0 Å². The molecule has 0 unspecified atom stereocenters. The topological polar surface area (TPSA) is 20.2 Å². The third-order valence-corrected chi connectivity index (χ3v) is 2.32. The van der Waals surface area contributed by atoms with E-state index in [9.17, 15) is 31.4 Å². The Labute approximate surface area is 92.7 Å². The smallest absolute Gasteiger partial charge is 0.376 e. The van der Waals surface area contributed by atoms with Crippen LogP contribution in [-0.4, -0.2) is 23.9 Å². The van der Waals surface area contributed by atoms with Crippen molar-refractivity contribution >= 4 is 0 Å². The first-order valence-corrected chi connectivity index (χ1v) is 4.45. The molecule has 96 valence electrons. The van der Waals surface area contributed by atoms with Gasteiger partial charge in [-0.05, 0) is 5.56 Å². The zero-order valence-electron chi connectivity index (χ0n) is 8.31. The van der Waals surface area contributed by atoms with Crippen molar-refractivity contribution in [1.29, 1.82) is 0 Å². The van der Waals surface area contributed by atoms with Crippen LogP contribution in [-0.2, 0) is 5.60 Å². The minimum absolute atomic E-state index is 0.805. The fourth-order valence-electron chi connectivity index (χ4n) is 1.29. The van der Waals surface area contributed by atoms with Crippen molar-refractivity contribution in [3.63, 3.8) is 0 Å². The Balaban J connectivity index is 3.31. The normalized spacial score (nSPS) is 16.6. The lowest BCUT2D eigenvalue weighted by atomic mass is 9.88. The van der Waals surface area contributed by atoms with E-state index in [1.54, 1.807) is 0 Å². The molecule has 0 amide bonds. The fraction of sp³-hybridized carbons (Fsp3) is 0.400. The molecule has 7 heteroatoms. The van der Waals surface area contributed by atoms with E-state index in [2.05, 4.69) is 0 Å². The number of halogens is 6. The predicted octanol–water partition coefficient (Wildman–Crippen LogP) is 3.04. The molecule has 0 aliphatic rings. The average Bonchev–Trinajstić information content (AvgIpc) is 2.27. The van der Waals surface area contributed by atoms with Crippen LogP contribution in [0.5, 0.6) is 0 Å². The molecular formula is C10H8F6O. The molecule has 0 saturated heterocycles. The quantitative estimate of drug-likeness (QED) is 0.826. The van der Waals surface area contributed by atoms with Crippen molar-refractivity contribution < 1.29 is 31.4 Å². The molecule has 0 saturated carbocycles. The molecule has 0 radical (unpaired) electrons.